The Balaban J connectivity index is 3.20. The van der Waals surface area contributed by atoms with E-state index in [9.17, 15) is 10.1 Å². The van der Waals surface area contributed by atoms with Crippen LogP contribution in [0.1, 0.15) is 11.7 Å². The molecule has 1 unspecified atom stereocenters. The monoisotopic (exact) mass is 192 g/mol. The van der Waals surface area contributed by atoms with Crippen molar-refractivity contribution in [2.45, 2.75) is 6.10 Å². The van der Waals surface area contributed by atoms with E-state index in [1.165, 1.54) is 19.2 Å². The second-order valence-electron chi connectivity index (χ2n) is 2.56. The Hall–Kier alpha value is -1.93. The zero-order valence-corrected chi connectivity index (χ0v) is 7.51. The Labute approximate surface area is 80.7 Å². The first-order valence-electron chi connectivity index (χ1n) is 3.86. The van der Waals surface area contributed by atoms with Gasteiger partial charge in [-0.3, -0.25) is 10.1 Å². The molecule has 1 aromatic carbocycles. The highest BCUT2D eigenvalue weighted by atomic mass is 16.6. The van der Waals surface area contributed by atoms with E-state index in [1.54, 1.807) is 12.1 Å². The molecule has 1 atom stereocenters. The maximum Gasteiger partial charge on any atom is 0.276 e. The highest BCUT2D eigenvalue weighted by molar-refractivity contribution is 5.43. The lowest BCUT2D eigenvalue weighted by molar-refractivity contribution is -0.386. The summed E-state index contributed by atoms with van der Waals surface area (Å²) in [7, 11) is 1.34. The van der Waals surface area contributed by atoms with Gasteiger partial charge in [0.05, 0.1) is 16.6 Å². The van der Waals surface area contributed by atoms with Gasteiger partial charge in [0, 0.05) is 13.2 Å². The number of nitro groups is 1. The standard InChI is InChI=1S/C9H8N2O3/c1-14-9(6-10)7-4-2-3-5-8(7)11(12)13/h2-5,9H,1H3. The van der Waals surface area contributed by atoms with Gasteiger partial charge in [0.15, 0.2) is 6.10 Å². The molecule has 0 amide bonds. The molecule has 0 N–H and O–H groups in total. The number of para-hydroxylation sites is 1. The minimum Gasteiger partial charge on any atom is -0.362 e. The third-order valence-electron chi connectivity index (χ3n) is 1.77. The fourth-order valence-electron chi connectivity index (χ4n) is 1.12. The fourth-order valence-corrected chi connectivity index (χ4v) is 1.12. The predicted octanol–water partition coefficient (Wildman–Crippen LogP) is 1.81. The third-order valence-corrected chi connectivity index (χ3v) is 1.77. The average Bonchev–Trinajstić information content (AvgIpc) is 2.20. The average molecular weight is 192 g/mol. The number of nitrogens with zero attached hydrogens (tertiary/aromatic N) is 2. The molecule has 1 rings (SSSR count). The van der Waals surface area contributed by atoms with Gasteiger partial charge < -0.3 is 4.74 Å². The Morgan fingerprint density at radius 1 is 1.57 bits per heavy atom. The minimum absolute atomic E-state index is 0.0964. The number of rotatable bonds is 3. The molecule has 0 saturated heterocycles. The molecule has 0 radical (unpaired) electrons. The van der Waals surface area contributed by atoms with Gasteiger partial charge in [-0.05, 0) is 6.07 Å². The molecule has 0 fully saturated rings. The number of methoxy groups -OCH3 is 1. The van der Waals surface area contributed by atoms with E-state index in [-0.39, 0.29) is 11.3 Å². The molecule has 0 saturated carbocycles. The van der Waals surface area contributed by atoms with Crippen LogP contribution in [0.25, 0.3) is 0 Å². The van der Waals surface area contributed by atoms with Crippen LogP contribution in [-0.2, 0) is 4.74 Å². The Kier molecular flexibility index (Phi) is 3.15. The lowest BCUT2D eigenvalue weighted by Gasteiger charge is -2.06. The highest BCUT2D eigenvalue weighted by Gasteiger charge is 2.20. The van der Waals surface area contributed by atoms with Gasteiger partial charge in [-0.15, -0.1) is 0 Å². The molecular formula is C9H8N2O3. The van der Waals surface area contributed by atoms with Crippen molar-refractivity contribution in [3.05, 3.63) is 39.9 Å². The smallest absolute Gasteiger partial charge is 0.276 e. The number of nitriles is 1. The van der Waals surface area contributed by atoms with Gasteiger partial charge in [0.2, 0.25) is 0 Å². The molecule has 0 bridgehead atoms. The summed E-state index contributed by atoms with van der Waals surface area (Å²) in [5, 5.41) is 19.3. The summed E-state index contributed by atoms with van der Waals surface area (Å²) in [5.41, 5.74) is 0.184. The largest absolute Gasteiger partial charge is 0.362 e. The minimum atomic E-state index is -0.892. The van der Waals surface area contributed by atoms with E-state index in [4.69, 9.17) is 10.00 Å². The van der Waals surface area contributed by atoms with E-state index < -0.39 is 11.0 Å². The van der Waals surface area contributed by atoms with Gasteiger partial charge in [-0.1, -0.05) is 12.1 Å². The third kappa shape index (κ3) is 1.87. The number of hydrogen-bond donors (Lipinski definition) is 0. The summed E-state index contributed by atoms with van der Waals surface area (Å²) in [6.45, 7) is 0. The van der Waals surface area contributed by atoms with Gasteiger partial charge >= 0.3 is 0 Å². The van der Waals surface area contributed by atoms with Crippen molar-refractivity contribution < 1.29 is 9.66 Å². The zero-order chi connectivity index (χ0) is 10.6. The van der Waals surface area contributed by atoms with Gasteiger partial charge in [0.1, 0.15) is 0 Å². The molecule has 0 aliphatic rings. The second-order valence-corrected chi connectivity index (χ2v) is 2.56. The molecule has 0 heterocycles. The molecule has 0 aliphatic carbocycles. The number of hydrogen-bond acceptors (Lipinski definition) is 4. The van der Waals surface area contributed by atoms with Crippen molar-refractivity contribution in [1.82, 2.24) is 0 Å². The summed E-state index contributed by atoms with van der Waals surface area (Å²) in [4.78, 5) is 10.1. The van der Waals surface area contributed by atoms with Crippen LogP contribution in [0.4, 0.5) is 5.69 Å². The van der Waals surface area contributed by atoms with Crippen molar-refractivity contribution in [2.24, 2.45) is 0 Å². The Morgan fingerprint density at radius 2 is 2.21 bits per heavy atom. The zero-order valence-electron chi connectivity index (χ0n) is 7.51. The van der Waals surface area contributed by atoms with Crippen molar-refractivity contribution in [3.63, 3.8) is 0 Å². The Morgan fingerprint density at radius 3 is 2.71 bits per heavy atom. The van der Waals surface area contributed by atoms with Crippen LogP contribution >= 0.6 is 0 Å². The van der Waals surface area contributed by atoms with Crippen molar-refractivity contribution >= 4 is 5.69 Å². The number of ether oxygens (including phenoxy) is 1. The first-order valence-corrected chi connectivity index (χ1v) is 3.86. The highest BCUT2D eigenvalue weighted by Crippen LogP contribution is 2.25. The van der Waals surface area contributed by atoms with Crippen LogP contribution in [0.3, 0.4) is 0 Å². The van der Waals surface area contributed by atoms with Crippen molar-refractivity contribution in [2.75, 3.05) is 7.11 Å². The number of nitro benzene ring substituents is 1. The summed E-state index contributed by atoms with van der Waals surface area (Å²) < 4.78 is 4.81. The summed E-state index contributed by atoms with van der Waals surface area (Å²) in [6.07, 6.45) is -0.892. The van der Waals surface area contributed by atoms with E-state index in [0.29, 0.717) is 0 Å². The van der Waals surface area contributed by atoms with E-state index in [0.717, 1.165) is 0 Å². The second kappa shape index (κ2) is 4.35. The molecular weight excluding hydrogens is 184 g/mol. The van der Waals surface area contributed by atoms with Gasteiger partial charge in [-0.2, -0.15) is 5.26 Å². The molecule has 0 spiro atoms. The van der Waals surface area contributed by atoms with Crippen molar-refractivity contribution in [1.29, 1.82) is 5.26 Å². The summed E-state index contributed by atoms with van der Waals surface area (Å²) >= 11 is 0. The lowest BCUT2D eigenvalue weighted by Crippen LogP contribution is -2.02. The van der Waals surface area contributed by atoms with Crippen LogP contribution in [-0.4, -0.2) is 12.0 Å². The van der Waals surface area contributed by atoms with E-state index in [1.807, 2.05) is 6.07 Å². The van der Waals surface area contributed by atoms with Crippen molar-refractivity contribution in [3.8, 4) is 6.07 Å². The first-order chi connectivity index (χ1) is 6.70. The molecule has 14 heavy (non-hydrogen) atoms. The summed E-state index contributed by atoms with van der Waals surface area (Å²) in [6, 6.07) is 7.87. The van der Waals surface area contributed by atoms with Gasteiger partial charge in [0.25, 0.3) is 5.69 Å². The predicted molar refractivity (Wildman–Crippen MR) is 48.5 cm³/mol. The van der Waals surface area contributed by atoms with Crippen LogP contribution in [0, 0.1) is 21.4 Å². The van der Waals surface area contributed by atoms with Crippen LogP contribution < -0.4 is 0 Å². The molecule has 1 aromatic rings. The summed E-state index contributed by atoms with van der Waals surface area (Å²) in [5.74, 6) is 0. The maximum absolute atomic E-state index is 10.6. The molecule has 0 aromatic heterocycles. The van der Waals surface area contributed by atoms with E-state index in [2.05, 4.69) is 0 Å². The van der Waals surface area contributed by atoms with Crippen LogP contribution in [0.2, 0.25) is 0 Å². The first kappa shape index (κ1) is 10.2. The normalized spacial score (nSPS) is 11.7. The number of benzene rings is 1. The lowest BCUT2D eigenvalue weighted by atomic mass is 10.1. The van der Waals surface area contributed by atoms with E-state index >= 15 is 0 Å². The SMILES string of the molecule is COC(C#N)c1ccccc1[N+](=O)[O-]. The topological polar surface area (TPSA) is 76.2 Å². The van der Waals surface area contributed by atoms with Crippen LogP contribution in [0.5, 0.6) is 0 Å². The fraction of sp³-hybridized carbons (Fsp3) is 0.222. The molecule has 5 heteroatoms. The molecule has 72 valence electrons. The maximum atomic E-state index is 10.6. The van der Waals surface area contributed by atoms with Gasteiger partial charge in [-0.25, -0.2) is 0 Å². The quantitative estimate of drug-likeness (QED) is 0.540. The van der Waals surface area contributed by atoms with Crippen LogP contribution in [0.15, 0.2) is 24.3 Å². The molecule has 5 nitrogen and oxygen atoms in total. The Bertz CT molecular complexity index is 384. The molecule has 0 aliphatic heterocycles.